The van der Waals surface area contributed by atoms with E-state index in [1.807, 2.05) is 0 Å². The van der Waals surface area contributed by atoms with E-state index in [2.05, 4.69) is 60.6 Å². The van der Waals surface area contributed by atoms with Gasteiger partial charge in [0.25, 0.3) is 0 Å². The second-order valence-corrected chi connectivity index (χ2v) is 16.9. The SMILES string of the molecule is CC(C)C1CC[C@]2(C(=O)O)CC[C@]3(C)[C@H](CC[C@@H]4[C@@]5(C)CC[C@@H](c6ccc(C(=O)O)cc6)C(C)(C)[C@@H]5CC[C@]43C)[C@@H]12. The topological polar surface area (TPSA) is 74.6 Å². The van der Waals surface area contributed by atoms with Crippen LogP contribution >= 0.6 is 0 Å². The molecule has 4 heteroatoms. The van der Waals surface area contributed by atoms with Crippen LogP contribution in [0.15, 0.2) is 24.3 Å². The van der Waals surface area contributed by atoms with Crippen molar-refractivity contribution in [2.24, 2.45) is 62.6 Å². The normalized spacial score (nSPS) is 46.6. The Labute approximate surface area is 248 Å². The minimum atomic E-state index is -0.858. The molecule has 4 nitrogen and oxygen atoms in total. The average Bonchev–Trinajstić information content (AvgIpc) is 3.30. The van der Waals surface area contributed by atoms with Crippen LogP contribution in [0, 0.1) is 62.6 Å². The molecular weight excluding hydrogens is 508 g/mol. The average molecular weight is 563 g/mol. The van der Waals surface area contributed by atoms with Crippen molar-refractivity contribution in [1.82, 2.24) is 0 Å². The minimum Gasteiger partial charge on any atom is -0.481 e. The Kier molecular flexibility index (Phi) is 6.65. The molecule has 5 fully saturated rings. The lowest BCUT2D eigenvalue weighted by atomic mass is 9.31. The van der Waals surface area contributed by atoms with Crippen molar-refractivity contribution >= 4 is 11.9 Å². The van der Waals surface area contributed by atoms with Gasteiger partial charge in [-0.25, -0.2) is 4.79 Å². The summed E-state index contributed by atoms with van der Waals surface area (Å²) in [4.78, 5) is 24.4. The minimum absolute atomic E-state index is 0.135. The fourth-order valence-electron chi connectivity index (χ4n) is 13.2. The van der Waals surface area contributed by atoms with Crippen molar-refractivity contribution in [3.63, 3.8) is 0 Å². The van der Waals surface area contributed by atoms with Gasteiger partial charge in [-0.3, -0.25) is 4.79 Å². The van der Waals surface area contributed by atoms with Crippen LogP contribution in [0.3, 0.4) is 0 Å². The van der Waals surface area contributed by atoms with Crippen LogP contribution in [-0.4, -0.2) is 22.2 Å². The largest absolute Gasteiger partial charge is 0.481 e. The van der Waals surface area contributed by atoms with E-state index < -0.39 is 17.4 Å². The molecule has 6 rings (SSSR count). The Morgan fingerprint density at radius 1 is 0.756 bits per heavy atom. The monoisotopic (exact) mass is 562 g/mol. The van der Waals surface area contributed by atoms with Gasteiger partial charge in [-0.05, 0) is 145 Å². The quantitative estimate of drug-likeness (QED) is 0.383. The molecule has 5 aliphatic rings. The van der Waals surface area contributed by atoms with Gasteiger partial charge in [-0.15, -0.1) is 0 Å². The van der Waals surface area contributed by atoms with Crippen LogP contribution in [-0.2, 0) is 4.79 Å². The fraction of sp³-hybridized carbons (Fsp3) is 0.784. The highest BCUT2D eigenvalue weighted by molar-refractivity contribution is 5.87. The molecule has 1 aromatic carbocycles. The summed E-state index contributed by atoms with van der Waals surface area (Å²) in [7, 11) is 0. The predicted molar refractivity (Wildman–Crippen MR) is 163 cm³/mol. The Hall–Kier alpha value is -1.84. The molecule has 0 aromatic heterocycles. The van der Waals surface area contributed by atoms with E-state index in [0.717, 1.165) is 32.1 Å². The summed E-state index contributed by atoms with van der Waals surface area (Å²) in [5.74, 6) is 2.28. The lowest BCUT2D eigenvalue weighted by molar-refractivity contribution is -0.241. The first-order valence-corrected chi connectivity index (χ1v) is 16.7. The van der Waals surface area contributed by atoms with Gasteiger partial charge in [0, 0.05) is 0 Å². The molecule has 5 aliphatic carbocycles. The maximum absolute atomic E-state index is 12.9. The molecule has 2 N–H and O–H groups in total. The Morgan fingerprint density at radius 3 is 2.05 bits per heavy atom. The van der Waals surface area contributed by atoms with Crippen molar-refractivity contribution < 1.29 is 19.8 Å². The molecular formula is C37H54O4. The number of aliphatic carboxylic acids is 1. The number of carboxylic acids is 2. The number of aromatic carboxylic acids is 1. The zero-order valence-electron chi connectivity index (χ0n) is 26.6. The highest BCUT2D eigenvalue weighted by Gasteiger charge is 2.72. The van der Waals surface area contributed by atoms with Crippen molar-refractivity contribution in [3.8, 4) is 0 Å². The third kappa shape index (κ3) is 3.76. The summed E-state index contributed by atoms with van der Waals surface area (Å²) in [5.41, 5.74) is 2.00. The number of hydrogen-bond donors (Lipinski definition) is 2. The van der Waals surface area contributed by atoms with Gasteiger partial charge >= 0.3 is 11.9 Å². The zero-order chi connectivity index (χ0) is 29.8. The molecule has 226 valence electrons. The summed E-state index contributed by atoms with van der Waals surface area (Å²) in [6.07, 6.45) is 11.2. The summed E-state index contributed by atoms with van der Waals surface area (Å²) in [6.45, 7) is 17.5. The zero-order valence-corrected chi connectivity index (χ0v) is 26.6. The molecule has 41 heavy (non-hydrogen) atoms. The Morgan fingerprint density at radius 2 is 1.44 bits per heavy atom. The highest BCUT2D eigenvalue weighted by atomic mass is 16.4. The standard InChI is InChI=1S/C37H54O4/c1-22(2)25-14-19-37(32(40)41)21-20-35(6)27(30(25)37)12-13-29-34(5)17-15-26(23-8-10-24(11-9-23)31(38)39)33(3,4)28(34)16-18-36(29,35)7/h8-11,22,25-30H,12-21H2,1-7H3,(H,38,39)(H,40,41)/t25?,26-,27+,28-,29+,30+,34-,35+,36+,37-/m0/s1. The highest BCUT2D eigenvalue weighted by Crippen LogP contribution is 2.78. The van der Waals surface area contributed by atoms with Crippen LogP contribution < -0.4 is 0 Å². The van der Waals surface area contributed by atoms with Gasteiger partial charge in [0.1, 0.15) is 0 Å². The molecule has 0 radical (unpaired) electrons. The van der Waals surface area contributed by atoms with Gasteiger partial charge in [0.15, 0.2) is 0 Å². The van der Waals surface area contributed by atoms with E-state index >= 15 is 0 Å². The van der Waals surface area contributed by atoms with Crippen LogP contribution in [0.4, 0.5) is 0 Å². The second kappa shape index (κ2) is 9.33. The second-order valence-electron chi connectivity index (χ2n) is 16.9. The number of benzene rings is 1. The maximum Gasteiger partial charge on any atom is 0.335 e. The first-order chi connectivity index (χ1) is 19.1. The van der Waals surface area contributed by atoms with E-state index in [0.29, 0.717) is 47.0 Å². The third-order valence-corrected chi connectivity index (χ3v) is 15.4. The lowest BCUT2D eigenvalue weighted by Gasteiger charge is -2.73. The first kappa shape index (κ1) is 29.2. The molecule has 0 heterocycles. The molecule has 0 saturated heterocycles. The Bertz CT molecular complexity index is 1220. The van der Waals surface area contributed by atoms with Crippen LogP contribution in [0.2, 0.25) is 0 Å². The fourth-order valence-corrected chi connectivity index (χ4v) is 13.2. The molecule has 0 aliphatic heterocycles. The van der Waals surface area contributed by atoms with Gasteiger partial charge in [0.2, 0.25) is 0 Å². The number of rotatable bonds is 4. The molecule has 0 bridgehead atoms. The van der Waals surface area contributed by atoms with Crippen molar-refractivity contribution in [2.45, 2.75) is 119 Å². The molecule has 1 aromatic rings. The maximum atomic E-state index is 12.9. The first-order valence-electron chi connectivity index (χ1n) is 16.7. The number of fused-ring (bicyclic) bond motifs is 7. The molecule has 1 unspecified atom stereocenters. The smallest absolute Gasteiger partial charge is 0.335 e. The van der Waals surface area contributed by atoms with Crippen molar-refractivity contribution in [2.75, 3.05) is 0 Å². The molecule has 0 spiro atoms. The summed E-state index contributed by atoms with van der Waals surface area (Å²) < 4.78 is 0. The van der Waals surface area contributed by atoms with E-state index in [-0.39, 0.29) is 21.7 Å². The number of carbonyl (C=O) groups is 2. The molecule has 0 amide bonds. The van der Waals surface area contributed by atoms with Gasteiger partial charge in [-0.1, -0.05) is 60.6 Å². The van der Waals surface area contributed by atoms with Crippen LogP contribution in [0.1, 0.15) is 135 Å². The van der Waals surface area contributed by atoms with Gasteiger partial charge < -0.3 is 10.2 Å². The van der Waals surface area contributed by atoms with E-state index in [1.54, 1.807) is 12.1 Å². The van der Waals surface area contributed by atoms with Crippen LogP contribution in [0.5, 0.6) is 0 Å². The van der Waals surface area contributed by atoms with Gasteiger partial charge in [-0.2, -0.15) is 0 Å². The van der Waals surface area contributed by atoms with Gasteiger partial charge in [0.05, 0.1) is 11.0 Å². The van der Waals surface area contributed by atoms with Crippen molar-refractivity contribution in [3.05, 3.63) is 35.4 Å². The molecule has 10 atom stereocenters. The summed E-state index contributed by atoms with van der Waals surface area (Å²) >= 11 is 0. The summed E-state index contributed by atoms with van der Waals surface area (Å²) in [5, 5.41) is 20.1. The Balaban J connectivity index is 1.33. The number of hydrogen-bond acceptors (Lipinski definition) is 2. The van der Waals surface area contributed by atoms with E-state index in [4.69, 9.17) is 0 Å². The van der Waals surface area contributed by atoms with E-state index in [9.17, 15) is 19.8 Å². The van der Waals surface area contributed by atoms with E-state index in [1.165, 1.54) is 37.7 Å². The summed E-state index contributed by atoms with van der Waals surface area (Å²) in [6, 6.07) is 7.72. The third-order valence-electron chi connectivity index (χ3n) is 15.4. The van der Waals surface area contributed by atoms with Crippen LogP contribution in [0.25, 0.3) is 0 Å². The molecule has 5 saturated carbocycles. The predicted octanol–water partition coefficient (Wildman–Crippen LogP) is 9.29. The van der Waals surface area contributed by atoms with Crippen molar-refractivity contribution in [1.29, 1.82) is 0 Å². The lowest BCUT2D eigenvalue weighted by Crippen LogP contribution is -2.66. The number of carboxylic acid groups (broad SMARTS) is 2.